The molecule has 0 N–H and O–H groups in total. The summed E-state index contributed by atoms with van der Waals surface area (Å²) in [5.74, 6) is 0. The number of nitrogens with zero attached hydrogens (tertiary/aromatic N) is 3. The van der Waals surface area contributed by atoms with Crippen LogP contribution >= 0.6 is 11.3 Å². The van der Waals surface area contributed by atoms with Crippen molar-refractivity contribution in [3.8, 4) is 12.1 Å². The van der Waals surface area contributed by atoms with Crippen LogP contribution in [0.5, 0.6) is 0 Å². The first kappa shape index (κ1) is 12.0. The number of aryl methyl sites for hydroxylation is 1. The Morgan fingerprint density at radius 3 is 2.50 bits per heavy atom. The fraction of sp³-hybridized carbons (Fsp3) is 0.0714. The van der Waals surface area contributed by atoms with E-state index in [4.69, 9.17) is 10.5 Å². The van der Waals surface area contributed by atoms with Crippen molar-refractivity contribution >= 4 is 23.0 Å². The molecule has 0 aliphatic carbocycles. The second-order valence-electron chi connectivity index (χ2n) is 3.70. The fourth-order valence-corrected chi connectivity index (χ4v) is 2.20. The van der Waals surface area contributed by atoms with Gasteiger partial charge in [0, 0.05) is 11.1 Å². The Morgan fingerprint density at radius 1 is 1.28 bits per heavy atom. The van der Waals surface area contributed by atoms with Crippen LogP contribution in [0.1, 0.15) is 21.8 Å². The second-order valence-corrected chi connectivity index (χ2v) is 4.56. The van der Waals surface area contributed by atoms with Crippen molar-refractivity contribution in [2.75, 3.05) is 0 Å². The van der Waals surface area contributed by atoms with Crippen molar-refractivity contribution in [1.29, 1.82) is 10.5 Å². The fourth-order valence-electron chi connectivity index (χ4n) is 1.44. The molecule has 0 unspecified atom stereocenters. The van der Waals surface area contributed by atoms with Crippen molar-refractivity contribution in [1.82, 2.24) is 4.98 Å². The first-order valence-electron chi connectivity index (χ1n) is 5.27. The lowest BCUT2D eigenvalue weighted by Gasteiger charge is -1.95. The molecule has 0 fully saturated rings. The first-order valence-corrected chi connectivity index (χ1v) is 6.15. The summed E-state index contributed by atoms with van der Waals surface area (Å²) in [5.41, 5.74) is 2.95. The van der Waals surface area contributed by atoms with Crippen LogP contribution in [0, 0.1) is 29.6 Å². The third-order valence-corrected chi connectivity index (χ3v) is 3.31. The van der Waals surface area contributed by atoms with Crippen LogP contribution in [0.2, 0.25) is 0 Å². The minimum Gasteiger partial charge on any atom is -0.241 e. The van der Waals surface area contributed by atoms with E-state index in [0.29, 0.717) is 11.1 Å². The molecule has 0 saturated carbocycles. The lowest BCUT2D eigenvalue weighted by Crippen LogP contribution is -1.82. The highest BCUT2D eigenvalue weighted by atomic mass is 32.1. The molecule has 0 saturated heterocycles. The minimum atomic E-state index is 0.540. The van der Waals surface area contributed by atoms with Crippen LogP contribution in [0.4, 0.5) is 0 Å². The van der Waals surface area contributed by atoms with E-state index in [0.717, 1.165) is 16.3 Å². The van der Waals surface area contributed by atoms with E-state index in [1.165, 1.54) is 11.3 Å². The Balaban J connectivity index is 2.36. The summed E-state index contributed by atoms with van der Waals surface area (Å²) in [6, 6.07) is 11.3. The predicted octanol–water partition coefficient (Wildman–Crippen LogP) is 3.39. The highest BCUT2D eigenvalue weighted by Gasteiger charge is 2.05. The summed E-state index contributed by atoms with van der Waals surface area (Å²) >= 11 is 1.45. The second kappa shape index (κ2) is 5.27. The standard InChI is InChI=1S/C14H9N3S/c1-10-9-18-14(17-10)13(8-16)6-11-2-4-12(7-15)5-3-11/h2-6,9H,1H3. The zero-order chi connectivity index (χ0) is 13.0. The molecule has 0 radical (unpaired) electrons. The lowest BCUT2D eigenvalue weighted by atomic mass is 10.1. The molecule has 1 heterocycles. The number of allylic oxidation sites excluding steroid dienone is 1. The molecule has 2 aromatic rings. The van der Waals surface area contributed by atoms with Gasteiger partial charge in [-0.25, -0.2) is 4.98 Å². The van der Waals surface area contributed by atoms with Gasteiger partial charge in [0.2, 0.25) is 0 Å². The average Bonchev–Trinajstić information content (AvgIpc) is 2.83. The van der Waals surface area contributed by atoms with Gasteiger partial charge in [0.1, 0.15) is 11.1 Å². The van der Waals surface area contributed by atoms with Gasteiger partial charge in [0.05, 0.1) is 17.2 Å². The Labute approximate surface area is 109 Å². The van der Waals surface area contributed by atoms with Gasteiger partial charge in [0.25, 0.3) is 0 Å². The van der Waals surface area contributed by atoms with Crippen LogP contribution in [0.25, 0.3) is 11.6 Å². The molecule has 0 atom stereocenters. The van der Waals surface area contributed by atoms with Crippen molar-refractivity contribution < 1.29 is 0 Å². The molecule has 1 aromatic carbocycles. The number of aromatic nitrogens is 1. The Morgan fingerprint density at radius 2 is 2.00 bits per heavy atom. The first-order chi connectivity index (χ1) is 8.72. The van der Waals surface area contributed by atoms with Crippen molar-refractivity contribution in [3.63, 3.8) is 0 Å². The van der Waals surface area contributed by atoms with Crippen LogP contribution in [-0.2, 0) is 0 Å². The number of thiazole rings is 1. The monoisotopic (exact) mass is 251 g/mol. The van der Waals surface area contributed by atoms with Gasteiger partial charge >= 0.3 is 0 Å². The predicted molar refractivity (Wildman–Crippen MR) is 71.5 cm³/mol. The quantitative estimate of drug-likeness (QED) is 0.768. The molecule has 18 heavy (non-hydrogen) atoms. The van der Waals surface area contributed by atoms with E-state index < -0.39 is 0 Å². The molecule has 86 valence electrons. The Bertz CT molecular complexity index is 666. The normalized spacial score (nSPS) is 10.7. The Kier molecular flexibility index (Phi) is 3.52. The SMILES string of the molecule is Cc1csc(C(C#N)=Cc2ccc(C#N)cc2)n1. The molecule has 2 rings (SSSR count). The van der Waals surface area contributed by atoms with Gasteiger partial charge in [-0.1, -0.05) is 12.1 Å². The zero-order valence-electron chi connectivity index (χ0n) is 9.71. The lowest BCUT2D eigenvalue weighted by molar-refractivity contribution is 1.25. The molecular formula is C14H9N3S. The largest absolute Gasteiger partial charge is 0.241 e. The summed E-state index contributed by atoms with van der Waals surface area (Å²) in [7, 11) is 0. The minimum absolute atomic E-state index is 0.540. The molecule has 0 bridgehead atoms. The zero-order valence-corrected chi connectivity index (χ0v) is 10.5. The molecule has 0 amide bonds. The highest BCUT2D eigenvalue weighted by Crippen LogP contribution is 2.21. The van der Waals surface area contributed by atoms with Gasteiger partial charge in [-0.2, -0.15) is 10.5 Å². The summed E-state index contributed by atoms with van der Waals surface area (Å²) in [5, 5.41) is 20.5. The summed E-state index contributed by atoms with van der Waals surface area (Å²) in [6.45, 7) is 1.90. The number of rotatable bonds is 2. The van der Waals surface area contributed by atoms with E-state index in [9.17, 15) is 0 Å². The van der Waals surface area contributed by atoms with E-state index in [1.54, 1.807) is 18.2 Å². The average molecular weight is 251 g/mol. The molecule has 4 heteroatoms. The van der Waals surface area contributed by atoms with Gasteiger partial charge in [-0.3, -0.25) is 0 Å². The van der Waals surface area contributed by atoms with Gasteiger partial charge in [0.15, 0.2) is 0 Å². The maximum atomic E-state index is 9.15. The molecule has 0 aliphatic rings. The molecule has 0 aliphatic heterocycles. The maximum absolute atomic E-state index is 9.15. The van der Waals surface area contributed by atoms with Crippen molar-refractivity contribution in [3.05, 3.63) is 51.5 Å². The summed E-state index contributed by atoms with van der Waals surface area (Å²) in [6.07, 6.45) is 1.78. The highest BCUT2D eigenvalue weighted by molar-refractivity contribution is 7.11. The number of nitriles is 2. The molecule has 1 aromatic heterocycles. The summed E-state index contributed by atoms with van der Waals surface area (Å²) in [4.78, 5) is 4.29. The Hall–Kier alpha value is -2.43. The summed E-state index contributed by atoms with van der Waals surface area (Å²) < 4.78 is 0. The number of hydrogen-bond acceptors (Lipinski definition) is 4. The van der Waals surface area contributed by atoms with E-state index in [1.807, 2.05) is 24.4 Å². The van der Waals surface area contributed by atoms with Crippen molar-refractivity contribution in [2.24, 2.45) is 0 Å². The van der Waals surface area contributed by atoms with E-state index >= 15 is 0 Å². The van der Waals surface area contributed by atoms with Crippen LogP contribution in [0.15, 0.2) is 29.6 Å². The molecule has 0 spiro atoms. The third kappa shape index (κ3) is 2.63. The van der Waals surface area contributed by atoms with E-state index in [-0.39, 0.29) is 0 Å². The van der Waals surface area contributed by atoms with Crippen LogP contribution in [-0.4, -0.2) is 4.98 Å². The van der Waals surface area contributed by atoms with Gasteiger partial charge in [-0.15, -0.1) is 11.3 Å². The van der Waals surface area contributed by atoms with E-state index in [2.05, 4.69) is 17.1 Å². The van der Waals surface area contributed by atoms with Crippen LogP contribution in [0.3, 0.4) is 0 Å². The topological polar surface area (TPSA) is 60.5 Å². The van der Waals surface area contributed by atoms with Gasteiger partial charge in [-0.05, 0) is 30.7 Å². The smallest absolute Gasteiger partial charge is 0.134 e. The number of hydrogen-bond donors (Lipinski definition) is 0. The number of benzene rings is 1. The van der Waals surface area contributed by atoms with Crippen molar-refractivity contribution in [2.45, 2.75) is 6.92 Å². The van der Waals surface area contributed by atoms with Crippen LogP contribution < -0.4 is 0 Å². The molecular weight excluding hydrogens is 242 g/mol. The van der Waals surface area contributed by atoms with Gasteiger partial charge < -0.3 is 0 Å². The molecule has 3 nitrogen and oxygen atoms in total. The maximum Gasteiger partial charge on any atom is 0.134 e. The third-order valence-electron chi connectivity index (χ3n) is 2.32.